The number of benzene rings is 1. The van der Waals surface area contributed by atoms with Crippen molar-refractivity contribution < 1.29 is 4.74 Å². The standard InChI is InChI=1S/C14H18BrN3O/c1-11(16-2)12-9-17-18(10-12)7-8-19-14-5-3-13(15)4-6-14/h3-6,9-11,16H,7-8H2,1-2H3. The lowest BCUT2D eigenvalue weighted by Gasteiger charge is -2.07. The second kappa shape index (κ2) is 6.73. The second-order valence-electron chi connectivity index (χ2n) is 4.35. The summed E-state index contributed by atoms with van der Waals surface area (Å²) in [4.78, 5) is 0. The molecule has 1 atom stereocenters. The fourth-order valence-electron chi connectivity index (χ4n) is 1.68. The summed E-state index contributed by atoms with van der Waals surface area (Å²) < 4.78 is 8.62. The molecule has 1 unspecified atom stereocenters. The largest absolute Gasteiger partial charge is 0.492 e. The first-order chi connectivity index (χ1) is 9.19. The van der Waals surface area contributed by atoms with Crippen molar-refractivity contribution in [2.24, 2.45) is 0 Å². The van der Waals surface area contributed by atoms with E-state index in [1.807, 2.05) is 48.4 Å². The van der Waals surface area contributed by atoms with Crippen molar-refractivity contribution in [1.82, 2.24) is 15.1 Å². The van der Waals surface area contributed by atoms with E-state index in [4.69, 9.17) is 4.74 Å². The molecule has 0 saturated heterocycles. The van der Waals surface area contributed by atoms with Gasteiger partial charge in [0.2, 0.25) is 0 Å². The molecule has 0 amide bonds. The van der Waals surface area contributed by atoms with Gasteiger partial charge in [-0.2, -0.15) is 5.10 Å². The lowest BCUT2D eigenvalue weighted by Crippen LogP contribution is -2.12. The highest BCUT2D eigenvalue weighted by Crippen LogP contribution is 2.16. The Morgan fingerprint density at radius 1 is 1.37 bits per heavy atom. The maximum atomic E-state index is 5.66. The lowest BCUT2D eigenvalue weighted by atomic mass is 10.2. The molecular weight excluding hydrogens is 306 g/mol. The molecule has 0 aliphatic carbocycles. The molecule has 0 bridgehead atoms. The molecule has 1 N–H and O–H groups in total. The molecule has 0 fully saturated rings. The zero-order chi connectivity index (χ0) is 13.7. The van der Waals surface area contributed by atoms with E-state index in [0.29, 0.717) is 12.6 Å². The van der Waals surface area contributed by atoms with Crippen molar-refractivity contribution in [2.45, 2.75) is 19.5 Å². The summed E-state index contributed by atoms with van der Waals surface area (Å²) >= 11 is 3.40. The first-order valence-electron chi connectivity index (χ1n) is 6.27. The Labute approximate surface area is 121 Å². The zero-order valence-corrected chi connectivity index (χ0v) is 12.7. The van der Waals surface area contributed by atoms with Crippen molar-refractivity contribution in [3.63, 3.8) is 0 Å². The molecule has 0 spiro atoms. The van der Waals surface area contributed by atoms with E-state index < -0.39 is 0 Å². The minimum atomic E-state index is 0.321. The molecule has 0 radical (unpaired) electrons. The third kappa shape index (κ3) is 4.08. The average Bonchev–Trinajstić information content (AvgIpc) is 2.89. The van der Waals surface area contributed by atoms with Gasteiger partial charge in [-0.1, -0.05) is 15.9 Å². The van der Waals surface area contributed by atoms with Crippen molar-refractivity contribution >= 4 is 15.9 Å². The van der Waals surface area contributed by atoms with Crippen LogP contribution in [0, 0.1) is 0 Å². The molecule has 102 valence electrons. The van der Waals surface area contributed by atoms with Gasteiger partial charge in [0.15, 0.2) is 0 Å². The molecule has 2 rings (SSSR count). The summed E-state index contributed by atoms with van der Waals surface area (Å²) in [7, 11) is 1.94. The van der Waals surface area contributed by atoms with E-state index in [9.17, 15) is 0 Å². The second-order valence-corrected chi connectivity index (χ2v) is 5.27. The molecule has 1 heterocycles. The Balaban J connectivity index is 1.82. The zero-order valence-electron chi connectivity index (χ0n) is 11.1. The van der Waals surface area contributed by atoms with E-state index in [1.165, 1.54) is 5.56 Å². The Kier molecular flexibility index (Phi) is 4.99. The quantitative estimate of drug-likeness (QED) is 0.888. The predicted octanol–water partition coefficient (Wildman–Crippen LogP) is 3.01. The van der Waals surface area contributed by atoms with Crippen molar-refractivity contribution in [3.8, 4) is 5.75 Å². The van der Waals surface area contributed by atoms with Crippen LogP contribution < -0.4 is 10.1 Å². The summed E-state index contributed by atoms with van der Waals surface area (Å²) in [6, 6.07) is 8.15. The molecule has 0 aliphatic heterocycles. The van der Waals surface area contributed by atoms with Crippen LogP contribution in [0.2, 0.25) is 0 Å². The maximum Gasteiger partial charge on any atom is 0.119 e. The van der Waals surface area contributed by atoms with Crippen LogP contribution >= 0.6 is 15.9 Å². The molecular formula is C14H18BrN3O. The van der Waals surface area contributed by atoms with Gasteiger partial charge in [-0.05, 0) is 38.2 Å². The summed E-state index contributed by atoms with van der Waals surface area (Å²) in [5, 5.41) is 7.51. The van der Waals surface area contributed by atoms with Gasteiger partial charge in [-0.15, -0.1) is 0 Å². The van der Waals surface area contributed by atoms with Gasteiger partial charge in [0.1, 0.15) is 12.4 Å². The monoisotopic (exact) mass is 323 g/mol. The molecule has 4 nitrogen and oxygen atoms in total. The van der Waals surface area contributed by atoms with Gasteiger partial charge in [0.25, 0.3) is 0 Å². The Morgan fingerprint density at radius 3 is 2.79 bits per heavy atom. The van der Waals surface area contributed by atoms with Crippen LogP contribution in [0.15, 0.2) is 41.1 Å². The van der Waals surface area contributed by atoms with E-state index in [2.05, 4.69) is 33.3 Å². The van der Waals surface area contributed by atoms with E-state index in [-0.39, 0.29) is 0 Å². The SMILES string of the molecule is CNC(C)c1cnn(CCOc2ccc(Br)cc2)c1. The van der Waals surface area contributed by atoms with Gasteiger partial charge < -0.3 is 10.1 Å². The highest BCUT2D eigenvalue weighted by molar-refractivity contribution is 9.10. The Bertz CT molecular complexity index is 510. The topological polar surface area (TPSA) is 39.1 Å². The third-order valence-electron chi connectivity index (χ3n) is 2.99. The van der Waals surface area contributed by atoms with Crippen molar-refractivity contribution in [2.75, 3.05) is 13.7 Å². The first kappa shape index (κ1) is 14.1. The number of ether oxygens (including phenoxy) is 1. The Morgan fingerprint density at radius 2 is 2.11 bits per heavy atom. The fraction of sp³-hybridized carbons (Fsp3) is 0.357. The van der Waals surface area contributed by atoms with Crippen LogP contribution in [0.4, 0.5) is 0 Å². The van der Waals surface area contributed by atoms with Crippen LogP contribution in [-0.2, 0) is 6.54 Å². The number of aromatic nitrogens is 2. The van der Waals surface area contributed by atoms with Crippen LogP contribution in [-0.4, -0.2) is 23.4 Å². The fourth-order valence-corrected chi connectivity index (χ4v) is 1.94. The van der Waals surface area contributed by atoms with Gasteiger partial charge in [-0.3, -0.25) is 4.68 Å². The normalized spacial score (nSPS) is 12.4. The number of hydrogen-bond acceptors (Lipinski definition) is 3. The number of nitrogens with zero attached hydrogens (tertiary/aromatic N) is 2. The summed E-state index contributed by atoms with van der Waals surface area (Å²) in [5.74, 6) is 0.874. The van der Waals surface area contributed by atoms with Crippen LogP contribution in [0.3, 0.4) is 0 Å². The summed E-state index contributed by atoms with van der Waals surface area (Å²) in [6.07, 6.45) is 3.94. The minimum absolute atomic E-state index is 0.321. The number of hydrogen-bond donors (Lipinski definition) is 1. The molecule has 0 aliphatic rings. The van der Waals surface area contributed by atoms with Gasteiger partial charge in [0, 0.05) is 22.3 Å². The minimum Gasteiger partial charge on any atom is -0.492 e. The number of rotatable bonds is 6. The first-order valence-corrected chi connectivity index (χ1v) is 7.06. The highest BCUT2D eigenvalue weighted by atomic mass is 79.9. The van der Waals surface area contributed by atoms with Crippen molar-refractivity contribution in [1.29, 1.82) is 0 Å². The lowest BCUT2D eigenvalue weighted by molar-refractivity contribution is 0.291. The molecule has 19 heavy (non-hydrogen) atoms. The van der Waals surface area contributed by atoms with E-state index in [0.717, 1.165) is 16.8 Å². The smallest absolute Gasteiger partial charge is 0.119 e. The molecule has 0 saturated carbocycles. The molecule has 1 aromatic heterocycles. The van der Waals surface area contributed by atoms with Gasteiger partial charge >= 0.3 is 0 Å². The number of nitrogens with one attached hydrogen (secondary N) is 1. The van der Waals surface area contributed by atoms with Crippen LogP contribution in [0.1, 0.15) is 18.5 Å². The van der Waals surface area contributed by atoms with E-state index in [1.54, 1.807) is 0 Å². The van der Waals surface area contributed by atoms with Gasteiger partial charge in [-0.25, -0.2) is 0 Å². The maximum absolute atomic E-state index is 5.66. The van der Waals surface area contributed by atoms with Gasteiger partial charge in [0.05, 0.1) is 12.7 Å². The molecule has 5 heteroatoms. The highest BCUT2D eigenvalue weighted by Gasteiger charge is 2.05. The average molecular weight is 324 g/mol. The third-order valence-corrected chi connectivity index (χ3v) is 3.52. The summed E-state index contributed by atoms with van der Waals surface area (Å²) in [5.41, 5.74) is 1.19. The Hall–Kier alpha value is -1.33. The van der Waals surface area contributed by atoms with Crippen molar-refractivity contribution in [3.05, 3.63) is 46.7 Å². The molecule has 2 aromatic rings. The van der Waals surface area contributed by atoms with E-state index >= 15 is 0 Å². The molecule has 1 aromatic carbocycles. The van der Waals surface area contributed by atoms with Crippen LogP contribution in [0.25, 0.3) is 0 Å². The number of halogens is 1. The summed E-state index contributed by atoms with van der Waals surface area (Å²) in [6.45, 7) is 3.46. The predicted molar refractivity (Wildman–Crippen MR) is 79.3 cm³/mol. The van der Waals surface area contributed by atoms with Crippen LogP contribution in [0.5, 0.6) is 5.75 Å².